The van der Waals surface area contributed by atoms with Crippen LogP contribution >= 0.6 is 0 Å². The predicted molar refractivity (Wildman–Crippen MR) is 141 cm³/mol. The van der Waals surface area contributed by atoms with E-state index < -0.39 is 0 Å². The topological polar surface area (TPSA) is 84.4 Å². The molecule has 4 aromatic rings. The van der Waals surface area contributed by atoms with Crippen LogP contribution in [0.5, 0.6) is 0 Å². The van der Waals surface area contributed by atoms with Gasteiger partial charge in [0.15, 0.2) is 5.82 Å². The molecule has 0 radical (unpaired) electrons. The van der Waals surface area contributed by atoms with E-state index in [0.717, 1.165) is 80.0 Å². The lowest BCUT2D eigenvalue weighted by Crippen LogP contribution is -2.39. The number of fused-ring (bicyclic) bond motifs is 1. The van der Waals surface area contributed by atoms with Crippen LogP contribution in [0.2, 0.25) is 0 Å². The number of benzene rings is 2. The van der Waals surface area contributed by atoms with Crippen molar-refractivity contribution in [3.63, 3.8) is 0 Å². The van der Waals surface area contributed by atoms with Gasteiger partial charge in [-0.25, -0.2) is 0 Å². The van der Waals surface area contributed by atoms with Gasteiger partial charge in [-0.3, -0.25) is 4.79 Å². The van der Waals surface area contributed by atoms with Crippen LogP contribution in [0.3, 0.4) is 0 Å². The molecule has 0 bridgehead atoms. The number of rotatable bonds is 9. The Balaban J connectivity index is 1.01. The minimum Gasteiger partial charge on any atom is -0.464 e. The highest BCUT2D eigenvalue weighted by molar-refractivity contribution is 5.80. The standard InChI is InChI=1S/C30H34N4O3/c35-29(23-7-4-8-23)31-26(22-5-2-1-3-6-22)13-17-34-15-11-24(12-16-34)30-32-28(33-37-30)20-21-9-10-27-25(19-21)14-18-36-27/h1-3,5-6,9-10,14,18-19,23-24,26H,4,7-8,11-13,15-17,20H2,(H,31,35)/t26-/m0/s1. The van der Waals surface area contributed by atoms with Gasteiger partial charge in [-0.1, -0.05) is 48.0 Å². The van der Waals surface area contributed by atoms with Crippen LogP contribution in [-0.2, 0) is 11.2 Å². The summed E-state index contributed by atoms with van der Waals surface area (Å²) in [4.78, 5) is 19.9. The molecule has 1 amide bonds. The molecular formula is C30H34N4O3. The fourth-order valence-corrected chi connectivity index (χ4v) is 5.50. The fraction of sp³-hybridized carbons (Fsp3) is 0.433. The lowest BCUT2D eigenvalue weighted by molar-refractivity contribution is -0.128. The van der Waals surface area contributed by atoms with Crippen molar-refractivity contribution >= 4 is 16.9 Å². The molecule has 192 valence electrons. The highest BCUT2D eigenvalue weighted by Gasteiger charge is 2.29. The first-order valence-corrected chi connectivity index (χ1v) is 13.6. The first kappa shape index (κ1) is 23.9. The average molecular weight is 499 g/mol. The summed E-state index contributed by atoms with van der Waals surface area (Å²) >= 11 is 0. The monoisotopic (exact) mass is 498 g/mol. The number of hydrogen-bond donors (Lipinski definition) is 1. The smallest absolute Gasteiger partial charge is 0.229 e. The molecule has 2 fully saturated rings. The van der Waals surface area contributed by atoms with Crippen molar-refractivity contribution in [1.82, 2.24) is 20.4 Å². The molecule has 7 nitrogen and oxygen atoms in total. The van der Waals surface area contributed by atoms with E-state index in [1.54, 1.807) is 6.26 Å². The van der Waals surface area contributed by atoms with Gasteiger partial charge in [0.2, 0.25) is 11.8 Å². The number of carbonyl (C=O) groups excluding carboxylic acids is 1. The van der Waals surface area contributed by atoms with E-state index in [4.69, 9.17) is 13.9 Å². The SMILES string of the molecule is O=C(N[C@@H](CCN1CCC(c2nc(Cc3ccc4occc4c3)no2)CC1)c1ccccc1)C1CCC1. The summed E-state index contributed by atoms with van der Waals surface area (Å²) in [7, 11) is 0. The van der Waals surface area contributed by atoms with Gasteiger partial charge in [0, 0.05) is 30.2 Å². The number of nitrogens with zero attached hydrogens (tertiary/aromatic N) is 3. The maximum atomic E-state index is 12.7. The number of aromatic nitrogens is 2. The van der Waals surface area contributed by atoms with Crippen LogP contribution in [0.4, 0.5) is 0 Å². The van der Waals surface area contributed by atoms with E-state index in [-0.39, 0.29) is 17.9 Å². The van der Waals surface area contributed by atoms with Crippen molar-refractivity contribution in [1.29, 1.82) is 0 Å². The number of amides is 1. The molecular weight excluding hydrogens is 464 g/mol. The Morgan fingerprint density at radius 3 is 2.68 bits per heavy atom. The molecule has 1 saturated carbocycles. The molecule has 0 unspecified atom stereocenters. The Bertz CT molecular complexity index is 1320. The molecule has 2 aliphatic rings. The third-order valence-electron chi connectivity index (χ3n) is 8.03. The van der Waals surface area contributed by atoms with Gasteiger partial charge in [0.25, 0.3) is 0 Å². The lowest BCUT2D eigenvalue weighted by Gasteiger charge is -2.32. The van der Waals surface area contributed by atoms with Crippen LogP contribution < -0.4 is 5.32 Å². The normalized spacial score (nSPS) is 18.1. The Morgan fingerprint density at radius 2 is 1.89 bits per heavy atom. The summed E-state index contributed by atoms with van der Waals surface area (Å²) in [5, 5.41) is 8.68. The van der Waals surface area contributed by atoms with Crippen molar-refractivity contribution in [2.24, 2.45) is 5.92 Å². The number of nitrogens with one attached hydrogen (secondary N) is 1. The second-order valence-electron chi connectivity index (χ2n) is 10.5. The largest absolute Gasteiger partial charge is 0.464 e. The summed E-state index contributed by atoms with van der Waals surface area (Å²) in [5.74, 6) is 2.21. The molecule has 3 heterocycles. The van der Waals surface area contributed by atoms with Crippen molar-refractivity contribution in [3.05, 3.63) is 83.7 Å². The Labute approximate surface area is 217 Å². The number of hydrogen-bond acceptors (Lipinski definition) is 6. The minimum atomic E-state index is 0.0618. The number of likely N-dealkylation sites (tertiary alicyclic amines) is 1. The van der Waals surface area contributed by atoms with Crippen LogP contribution in [0, 0.1) is 5.92 Å². The molecule has 1 atom stereocenters. The molecule has 1 N–H and O–H groups in total. The van der Waals surface area contributed by atoms with E-state index >= 15 is 0 Å². The van der Waals surface area contributed by atoms with E-state index in [1.165, 1.54) is 12.0 Å². The molecule has 2 aromatic heterocycles. The summed E-state index contributed by atoms with van der Waals surface area (Å²) in [6.07, 6.45) is 8.51. The third-order valence-corrected chi connectivity index (χ3v) is 8.03. The summed E-state index contributed by atoms with van der Waals surface area (Å²) in [6, 6.07) is 18.6. The Hall–Kier alpha value is -3.45. The first-order valence-electron chi connectivity index (χ1n) is 13.6. The van der Waals surface area contributed by atoms with E-state index in [9.17, 15) is 4.79 Å². The highest BCUT2D eigenvalue weighted by atomic mass is 16.5. The van der Waals surface area contributed by atoms with Crippen molar-refractivity contribution in [3.8, 4) is 0 Å². The summed E-state index contributed by atoms with van der Waals surface area (Å²) in [6.45, 7) is 2.96. The molecule has 1 aliphatic heterocycles. The Morgan fingerprint density at radius 1 is 1.05 bits per heavy atom. The maximum absolute atomic E-state index is 12.7. The van der Waals surface area contributed by atoms with E-state index in [2.05, 4.69) is 51.8 Å². The molecule has 1 aliphatic carbocycles. The fourth-order valence-electron chi connectivity index (χ4n) is 5.50. The second-order valence-corrected chi connectivity index (χ2v) is 10.5. The molecule has 1 saturated heterocycles. The minimum absolute atomic E-state index is 0.0618. The quantitative estimate of drug-likeness (QED) is 0.322. The summed E-state index contributed by atoms with van der Waals surface area (Å²) in [5.41, 5.74) is 3.23. The van der Waals surface area contributed by atoms with Gasteiger partial charge in [0.05, 0.1) is 12.3 Å². The van der Waals surface area contributed by atoms with Gasteiger partial charge >= 0.3 is 0 Å². The van der Waals surface area contributed by atoms with Gasteiger partial charge in [0.1, 0.15) is 5.58 Å². The molecule has 6 rings (SSSR count). The molecule has 37 heavy (non-hydrogen) atoms. The molecule has 2 aromatic carbocycles. The van der Waals surface area contributed by atoms with Gasteiger partial charge in [-0.05, 0) is 74.5 Å². The zero-order valence-corrected chi connectivity index (χ0v) is 21.1. The first-order chi connectivity index (χ1) is 18.2. The van der Waals surface area contributed by atoms with Gasteiger partial charge in [-0.15, -0.1) is 0 Å². The Kier molecular flexibility index (Phi) is 7.04. The second kappa shape index (κ2) is 10.9. The molecule has 0 spiro atoms. The van der Waals surface area contributed by atoms with Crippen LogP contribution in [0.1, 0.15) is 73.3 Å². The van der Waals surface area contributed by atoms with E-state index in [1.807, 2.05) is 18.2 Å². The zero-order chi connectivity index (χ0) is 25.0. The zero-order valence-electron chi connectivity index (χ0n) is 21.1. The molecule has 7 heteroatoms. The maximum Gasteiger partial charge on any atom is 0.229 e. The third kappa shape index (κ3) is 5.62. The van der Waals surface area contributed by atoms with Crippen LogP contribution in [0.15, 0.2) is 69.8 Å². The van der Waals surface area contributed by atoms with Crippen molar-refractivity contribution in [2.45, 2.75) is 56.9 Å². The average Bonchev–Trinajstić information content (AvgIpc) is 3.56. The predicted octanol–water partition coefficient (Wildman–Crippen LogP) is 5.63. The summed E-state index contributed by atoms with van der Waals surface area (Å²) < 4.78 is 11.1. The van der Waals surface area contributed by atoms with Crippen molar-refractivity contribution < 1.29 is 13.7 Å². The number of piperidine rings is 1. The highest BCUT2D eigenvalue weighted by Crippen LogP contribution is 2.30. The lowest BCUT2D eigenvalue weighted by atomic mass is 9.84. The van der Waals surface area contributed by atoms with Gasteiger partial charge < -0.3 is 19.2 Å². The number of furan rings is 1. The van der Waals surface area contributed by atoms with Gasteiger partial charge in [-0.2, -0.15) is 4.98 Å². The van der Waals surface area contributed by atoms with E-state index in [0.29, 0.717) is 12.3 Å². The number of carbonyl (C=O) groups is 1. The van der Waals surface area contributed by atoms with Crippen LogP contribution in [-0.4, -0.2) is 40.6 Å². The van der Waals surface area contributed by atoms with Crippen LogP contribution in [0.25, 0.3) is 11.0 Å². The van der Waals surface area contributed by atoms with Crippen molar-refractivity contribution in [2.75, 3.05) is 19.6 Å².